The molecule has 0 saturated carbocycles. The fourth-order valence-corrected chi connectivity index (χ4v) is 2.07. The largest absolute Gasteiger partial charge is 0.462 e. The van der Waals surface area contributed by atoms with Gasteiger partial charge in [0.2, 0.25) is 5.78 Å². The summed E-state index contributed by atoms with van der Waals surface area (Å²) in [4.78, 5) is 47.5. The lowest BCUT2D eigenvalue weighted by Gasteiger charge is -2.10. The van der Waals surface area contributed by atoms with Crippen LogP contribution in [0.15, 0.2) is 32.2 Å². The van der Waals surface area contributed by atoms with E-state index in [1.165, 1.54) is 20.2 Å². The number of ether oxygens (including phenoxy) is 1. The summed E-state index contributed by atoms with van der Waals surface area (Å²) in [5, 5.41) is 0. The molecule has 0 aromatic carbocycles. The van der Waals surface area contributed by atoms with E-state index in [1.54, 1.807) is 19.1 Å². The first kappa shape index (κ1) is 18.0. The third-order valence-electron chi connectivity index (χ3n) is 3.48. The number of nitrogens with zero attached hydrogens (tertiary/aromatic N) is 2. The molecule has 0 amide bonds. The molecule has 2 aromatic rings. The van der Waals surface area contributed by atoms with Gasteiger partial charge in [-0.25, -0.2) is 9.59 Å². The quantitative estimate of drug-likeness (QED) is 0.458. The molecular formula is C16H17N3O6. The first-order valence-corrected chi connectivity index (χ1v) is 7.22. The van der Waals surface area contributed by atoms with Crippen molar-refractivity contribution in [3.05, 3.63) is 56.1 Å². The minimum absolute atomic E-state index is 0.282. The Balaban J connectivity index is 2.11. The molecular weight excluding hydrogens is 330 g/mol. The Kier molecular flexibility index (Phi) is 5.06. The molecule has 0 fully saturated rings. The Morgan fingerprint density at radius 2 is 1.92 bits per heavy atom. The Bertz CT molecular complexity index is 977. The van der Waals surface area contributed by atoms with Crippen molar-refractivity contribution >= 4 is 23.6 Å². The van der Waals surface area contributed by atoms with Crippen LogP contribution in [-0.4, -0.2) is 27.5 Å². The van der Waals surface area contributed by atoms with Gasteiger partial charge in [-0.15, -0.1) is 0 Å². The average Bonchev–Trinajstić information content (AvgIpc) is 3.00. The van der Waals surface area contributed by atoms with Crippen molar-refractivity contribution in [3.8, 4) is 0 Å². The second-order valence-electron chi connectivity index (χ2n) is 5.28. The van der Waals surface area contributed by atoms with E-state index in [-0.39, 0.29) is 5.82 Å². The summed E-state index contributed by atoms with van der Waals surface area (Å²) < 4.78 is 11.8. The van der Waals surface area contributed by atoms with Crippen LogP contribution in [0.25, 0.3) is 6.08 Å². The van der Waals surface area contributed by atoms with Gasteiger partial charge in [0, 0.05) is 20.2 Å². The minimum atomic E-state index is -0.844. The van der Waals surface area contributed by atoms with Crippen LogP contribution in [0.4, 0.5) is 5.82 Å². The zero-order valence-electron chi connectivity index (χ0n) is 13.9. The van der Waals surface area contributed by atoms with Gasteiger partial charge < -0.3 is 14.9 Å². The highest BCUT2D eigenvalue weighted by atomic mass is 16.5. The molecule has 0 bridgehead atoms. The van der Waals surface area contributed by atoms with Crippen LogP contribution in [-0.2, 0) is 23.6 Å². The number of furan rings is 1. The van der Waals surface area contributed by atoms with Gasteiger partial charge >= 0.3 is 11.7 Å². The highest BCUT2D eigenvalue weighted by Crippen LogP contribution is 2.08. The fraction of sp³-hybridized carbons (Fsp3) is 0.250. The van der Waals surface area contributed by atoms with Gasteiger partial charge in [0.05, 0.1) is 0 Å². The van der Waals surface area contributed by atoms with Crippen LogP contribution in [0, 0.1) is 6.92 Å². The molecule has 2 rings (SSSR count). The Morgan fingerprint density at radius 1 is 1.24 bits per heavy atom. The molecule has 0 aliphatic heterocycles. The van der Waals surface area contributed by atoms with E-state index >= 15 is 0 Å². The maximum atomic E-state index is 12.2. The van der Waals surface area contributed by atoms with Crippen LogP contribution in [0.5, 0.6) is 0 Å². The Morgan fingerprint density at radius 3 is 2.52 bits per heavy atom. The Hall–Kier alpha value is -3.36. The smallest absolute Gasteiger partial charge is 0.332 e. The lowest BCUT2D eigenvalue weighted by molar-refractivity contribution is -0.136. The number of esters is 1. The van der Waals surface area contributed by atoms with Crippen LogP contribution in [0.2, 0.25) is 0 Å². The molecule has 2 N–H and O–H groups in total. The molecule has 2 heterocycles. The van der Waals surface area contributed by atoms with Gasteiger partial charge in [0.1, 0.15) is 22.9 Å². The van der Waals surface area contributed by atoms with Crippen molar-refractivity contribution < 1.29 is 18.7 Å². The number of nitrogens with two attached hydrogens (primary N) is 1. The summed E-state index contributed by atoms with van der Waals surface area (Å²) in [7, 11) is 2.55. The van der Waals surface area contributed by atoms with Gasteiger partial charge in [-0.1, -0.05) is 0 Å². The number of aromatic nitrogens is 2. The van der Waals surface area contributed by atoms with Crippen molar-refractivity contribution in [2.24, 2.45) is 14.1 Å². The normalized spacial score (nSPS) is 11.0. The lowest BCUT2D eigenvalue weighted by atomic mass is 10.2. The summed E-state index contributed by atoms with van der Waals surface area (Å²) in [6.45, 7) is 1.07. The highest BCUT2D eigenvalue weighted by Gasteiger charge is 2.21. The number of rotatable bonds is 5. The predicted octanol–water partition coefficient (Wildman–Crippen LogP) is 0.00692. The molecule has 9 nitrogen and oxygen atoms in total. The van der Waals surface area contributed by atoms with Gasteiger partial charge in [-0.3, -0.25) is 18.7 Å². The second-order valence-corrected chi connectivity index (χ2v) is 5.28. The molecule has 0 radical (unpaired) electrons. The summed E-state index contributed by atoms with van der Waals surface area (Å²) in [5.74, 6) is -0.733. The van der Waals surface area contributed by atoms with Gasteiger partial charge in [0.15, 0.2) is 6.61 Å². The van der Waals surface area contributed by atoms with E-state index < -0.39 is 35.2 Å². The number of hydrogen-bond acceptors (Lipinski definition) is 7. The Labute approximate surface area is 141 Å². The van der Waals surface area contributed by atoms with E-state index in [0.29, 0.717) is 11.5 Å². The first-order chi connectivity index (χ1) is 11.7. The molecule has 0 saturated heterocycles. The molecule has 0 unspecified atom stereocenters. The van der Waals surface area contributed by atoms with Crippen molar-refractivity contribution in [3.63, 3.8) is 0 Å². The maximum absolute atomic E-state index is 12.2. The number of carbonyl (C=O) groups is 2. The summed E-state index contributed by atoms with van der Waals surface area (Å²) in [6, 6.07) is 3.39. The van der Waals surface area contributed by atoms with Crippen LogP contribution >= 0.6 is 0 Å². The second kappa shape index (κ2) is 7.04. The van der Waals surface area contributed by atoms with E-state index in [1.807, 2.05) is 0 Å². The number of Topliss-reactive ketones (excluding diaryl/α,β-unsaturated/α-hetero) is 1. The third-order valence-corrected chi connectivity index (χ3v) is 3.48. The molecule has 0 spiro atoms. The van der Waals surface area contributed by atoms with Crippen LogP contribution in [0.3, 0.4) is 0 Å². The topological polar surface area (TPSA) is 127 Å². The average molecular weight is 347 g/mol. The van der Waals surface area contributed by atoms with Gasteiger partial charge in [0.25, 0.3) is 5.56 Å². The number of anilines is 1. The predicted molar refractivity (Wildman–Crippen MR) is 89.1 cm³/mol. The van der Waals surface area contributed by atoms with Crippen LogP contribution in [0.1, 0.15) is 21.9 Å². The van der Waals surface area contributed by atoms with Gasteiger partial charge in [-0.2, -0.15) is 0 Å². The van der Waals surface area contributed by atoms with Crippen LogP contribution < -0.4 is 17.0 Å². The number of aryl methyl sites for hydroxylation is 1. The number of hydrogen-bond donors (Lipinski definition) is 1. The summed E-state index contributed by atoms with van der Waals surface area (Å²) >= 11 is 0. The number of nitrogen functional groups attached to an aromatic ring is 1. The maximum Gasteiger partial charge on any atom is 0.332 e. The summed E-state index contributed by atoms with van der Waals surface area (Å²) in [5.41, 5.74) is 3.76. The van der Waals surface area contributed by atoms with Crippen molar-refractivity contribution in [2.45, 2.75) is 6.92 Å². The number of ketones is 1. The molecule has 0 atom stereocenters. The third kappa shape index (κ3) is 3.77. The van der Waals surface area contributed by atoms with Crippen molar-refractivity contribution in [1.29, 1.82) is 0 Å². The van der Waals surface area contributed by atoms with E-state index in [4.69, 9.17) is 14.9 Å². The SMILES string of the molecule is Cc1ccc(C=CC(=O)OCC(=O)c2c(N)n(C)c(=O)n(C)c2=O)o1. The monoisotopic (exact) mass is 347 g/mol. The van der Waals surface area contributed by atoms with E-state index in [0.717, 1.165) is 15.2 Å². The molecule has 9 heteroatoms. The molecule has 2 aromatic heterocycles. The van der Waals surface area contributed by atoms with Crippen molar-refractivity contribution in [2.75, 3.05) is 12.3 Å². The molecule has 132 valence electrons. The zero-order chi connectivity index (χ0) is 18.7. The molecule has 25 heavy (non-hydrogen) atoms. The first-order valence-electron chi connectivity index (χ1n) is 7.22. The molecule has 0 aliphatic rings. The zero-order valence-corrected chi connectivity index (χ0v) is 13.9. The summed E-state index contributed by atoms with van der Waals surface area (Å²) in [6.07, 6.45) is 2.48. The number of carbonyl (C=O) groups excluding carboxylic acids is 2. The molecule has 0 aliphatic carbocycles. The standard InChI is InChI=1S/C16H17N3O6/c1-9-4-5-10(25-9)6-7-12(21)24-8-11(20)13-14(17)18(2)16(23)19(3)15(13)22/h4-7H,8,17H2,1-3H3. The lowest BCUT2D eigenvalue weighted by Crippen LogP contribution is -2.42. The minimum Gasteiger partial charge on any atom is -0.462 e. The van der Waals surface area contributed by atoms with E-state index in [9.17, 15) is 19.2 Å². The van der Waals surface area contributed by atoms with E-state index in [2.05, 4.69) is 0 Å². The van der Waals surface area contributed by atoms with Crippen molar-refractivity contribution in [1.82, 2.24) is 9.13 Å². The highest BCUT2D eigenvalue weighted by molar-refractivity contribution is 6.01. The van der Waals surface area contributed by atoms with Gasteiger partial charge in [-0.05, 0) is 25.1 Å². The fourth-order valence-electron chi connectivity index (χ4n) is 2.07.